The van der Waals surface area contributed by atoms with Gasteiger partial charge in [-0.25, -0.2) is 0 Å². The van der Waals surface area contributed by atoms with E-state index in [4.69, 9.17) is 9.47 Å². The molecule has 6 N–H and O–H groups in total. The molecular formula is C59H113NO8. The highest BCUT2D eigenvalue weighted by Gasteiger charge is 2.44. The van der Waals surface area contributed by atoms with Gasteiger partial charge in [-0.05, 0) is 44.9 Å². The first-order valence-corrected chi connectivity index (χ1v) is 29.6. The Balaban J connectivity index is 2.09. The number of hydrogen-bond acceptors (Lipinski definition) is 8. The Morgan fingerprint density at radius 3 is 1.19 bits per heavy atom. The van der Waals surface area contributed by atoms with Crippen molar-refractivity contribution in [3.63, 3.8) is 0 Å². The molecule has 0 radical (unpaired) electrons. The second kappa shape index (κ2) is 49.3. The normalized spacial score (nSPS) is 19.7. The molecule has 0 aromatic heterocycles. The Morgan fingerprint density at radius 2 is 0.824 bits per heavy atom. The lowest BCUT2D eigenvalue weighted by atomic mass is 9.99. The van der Waals surface area contributed by atoms with Gasteiger partial charge in [0.1, 0.15) is 24.4 Å². The van der Waals surface area contributed by atoms with E-state index in [9.17, 15) is 30.3 Å². The van der Waals surface area contributed by atoms with Gasteiger partial charge in [0.25, 0.3) is 0 Å². The third-order valence-electron chi connectivity index (χ3n) is 14.3. The summed E-state index contributed by atoms with van der Waals surface area (Å²) in [5, 5.41) is 54.4. The minimum Gasteiger partial charge on any atom is -0.394 e. The number of rotatable bonds is 51. The topological polar surface area (TPSA) is 149 Å². The first-order valence-electron chi connectivity index (χ1n) is 29.6. The number of ether oxygens (including phenoxy) is 2. The molecular weight excluding hydrogens is 851 g/mol. The predicted octanol–water partition coefficient (Wildman–Crippen LogP) is 14.6. The van der Waals surface area contributed by atoms with Gasteiger partial charge in [-0.15, -0.1) is 0 Å². The highest BCUT2D eigenvalue weighted by atomic mass is 16.7. The van der Waals surface area contributed by atoms with Gasteiger partial charge >= 0.3 is 0 Å². The van der Waals surface area contributed by atoms with Crippen molar-refractivity contribution in [1.29, 1.82) is 0 Å². The molecule has 1 rings (SSSR count). The molecule has 1 amide bonds. The Kier molecular flexibility index (Phi) is 46.9. The number of unbranched alkanes of at least 4 members (excludes halogenated alkanes) is 39. The molecule has 402 valence electrons. The minimum atomic E-state index is -1.56. The van der Waals surface area contributed by atoms with Crippen molar-refractivity contribution in [2.45, 2.75) is 333 Å². The predicted molar refractivity (Wildman–Crippen MR) is 286 cm³/mol. The number of allylic oxidation sites excluding steroid dienone is 3. The van der Waals surface area contributed by atoms with Crippen molar-refractivity contribution in [2.24, 2.45) is 0 Å². The number of nitrogens with one attached hydrogen (secondary N) is 1. The van der Waals surface area contributed by atoms with Crippen LogP contribution < -0.4 is 5.32 Å². The average molecular weight is 965 g/mol. The van der Waals surface area contributed by atoms with Crippen LogP contribution in [0.3, 0.4) is 0 Å². The zero-order chi connectivity index (χ0) is 49.4. The summed E-state index contributed by atoms with van der Waals surface area (Å²) < 4.78 is 11.2. The Hall–Kier alpha value is -1.33. The summed E-state index contributed by atoms with van der Waals surface area (Å²) in [6, 6.07) is -0.801. The number of amides is 1. The van der Waals surface area contributed by atoms with E-state index in [1.165, 1.54) is 231 Å². The minimum absolute atomic E-state index is 0.173. The third-order valence-corrected chi connectivity index (χ3v) is 14.3. The summed E-state index contributed by atoms with van der Waals surface area (Å²) in [5.74, 6) is -0.173. The number of carbonyl (C=O) groups excluding carboxylic acids is 1. The molecule has 7 unspecified atom stereocenters. The summed E-state index contributed by atoms with van der Waals surface area (Å²) in [5.41, 5.74) is 0. The van der Waals surface area contributed by atoms with Gasteiger partial charge in [0.15, 0.2) is 6.29 Å². The first kappa shape index (κ1) is 64.7. The average Bonchev–Trinajstić information content (AvgIpc) is 3.34. The van der Waals surface area contributed by atoms with E-state index in [1.54, 1.807) is 6.08 Å². The van der Waals surface area contributed by atoms with Crippen LogP contribution in [0.25, 0.3) is 0 Å². The van der Waals surface area contributed by atoms with E-state index in [0.29, 0.717) is 6.42 Å². The maximum absolute atomic E-state index is 13.0. The Bertz CT molecular complexity index is 1120. The maximum Gasteiger partial charge on any atom is 0.220 e. The summed E-state index contributed by atoms with van der Waals surface area (Å²) in [6.45, 7) is 3.79. The lowest BCUT2D eigenvalue weighted by Gasteiger charge is -2.40. The lowest BCUT2D eigenvalue weighted by molar-refractivity contribution is -0.302. The molecule has 9 heteroatoms. The van der Waals surface area contributed by atoms with Crippen LogP contribution in [0.5, 0.6) is 0 Å². The van der Waals surface area contributed by atoms with Gasteiger partial charge in [0, 0.05) is 6.42 Å². The Labute approximate surface area is 419 Å². The van der Waals surface area contributed by atoms with Crippen LogP contribution in [0.4, 0.5) is 0 Å². The molecule has 0 aromatic rings. The molecule has 1 heterocycles. The summed E-state index contributed by atoms with van der Waals surface area (Å²) in [6.07, 6.45) is 55.6. The zero-order valence-corrected chi connectivity index (χ0v) is 44.6. The highest BCUT2D eigenvalue weighted by Crippen LogP contribution is 2.23. The third kappa shape index (κ3) is 38.4. The van der Waals surface area contributed by atoms with Gasteiger partial charge in [-0.3, -0.25) is 4.79 Å². The van der Waals surface area contributed by atoms with Gasteiger partial charge in [-0.1, -0.05) is 263 Å². The zero-order valence-electron chi connectivity index (χ0n) is 44.6. The summed E-state index contributed by atoms with van der Waals surface area (Å²) >= 11 is 0. The second-order valence-corrected chi connectivity index (χ2v) is 20.8. The fourth-order valence-corrected chi connectivity index (χ4v) is 9.57. The number of aliphatic hydroxyl groups is 5. The van der Waals surface area contributed by atoms with Gasteiger partial charge < -0.3 is 40.3 Å². The van der Waals surface area contributed by atoms with Crippen LogP contribution in [0.1, 0.15) is 290 Å². The standard InChI is InChI=1S/C59H113NO8/c1-3-5-7-9-11-13-15-17-18-19-20-21-22-23-24-25-26-27-28-29-30-31-32-33-34-35-36-37-39-41-43-45-47-49-55(63)60-52(51-67-59-58(66)57(65)56(64)54(50-61)68-59)53(62)48-46-44-42-40-38-16-14-12-10-8-6-4-2/h23-24,46,48,52-54,56-59,61-62,64-66H,3-22,25-45,47,49-51H2,1-2H3,(H,60,63)/b24-23-,48-46+. The van der Waals surface area contributed by atoms with Crippen molar-refractivity contribution in [3.05, 3.63) is 24.3 Å². The number of hydrogen-bond donors (Lipinski definition) is 6. The molecule has 0 spiro atoms. The van der Waals surface area contributed by atoms with Crippen molar-refractivity contribution < 1.29 is 39.8 Å². The smallest absolute Gasteiger partial charge is 0.220 e. The molecule has 0 aromatic carbocycles. The van der Waals surface area contributed by atoms with Crippen molar-refractivity contribution in [2.75, 3.05) is 13.2 Å². The van der Waals surface area contributed by atoms with E-state index in [1.807, 2.05) is 6.08 Å². The number of aliphatic hydroxyl groups excluding tert-OH is 5. The van der Waals surface area contributed by atoms with Crippen LogP contribution in [-0.4, -0.2) is 87.5 Å². The van der Waals surface area contributed by atoms with Crippen LogP contribution in [0.2, 0.25) is 0 Å². The fraction of sp³-hybridized carbons (Fsp3) is 0.915. The van der Waals surface area contributed by atoms with Crippen molar-refractivity contribution in [3.8, 4) is 0 Å². The fourth-order valence-electron chi connectivity index (χ4n) is 9.57. The van der Waals surface area contributed by atoms with E-state index < -0.39 is 49.5 Å². The van der Waals surface area contributed by atoms with E-state index in [0.717, 1.165) is 38.5 Å². The molecule has 9 nitrogen and oxygen atoms in total. The molecule has 1 aliphatic heterocycles. The lowest BCUT2D eigenvalue weighted by Crippen LogP contribution is -2.60. The van der Waals surface area contributed by atoms with Crippen LogP contribution in [-0.2, 0) is 14.3 Å². The van der Waals surface area contributed by atoms with E-state index in [2.05, 4.69) is 31.3 Å². The summed E-state index contributed by atoms with van der Waals surface area (Å²) in [4.78, 5) is 13.0. The maximum atomic E-state index is 13.0. The SMILES string of the molecule is CCCCCCCCCCCC/C=C/C(O)C(COC1OC(CO)C(O)C(O)C1O)NC(=O)CCCCCCCCCCCCCCCCCCC/C=C\CCCCCCCCCCCCCC. The molecule has 1 fully saturated rings. The number of carbonyl (C=O) groups is 1. The van der Waals surface area contributed by atoms with Crippen molar-refractivity contribution in [1.82, 2.24) is 5.32 Å². The van der Waals surface area contributed by atoms with E-state index >= 15 is 0 Å². The molecule has 1 saturated heterocycles. The monoisotopic (exact) mass is 964 g/mol. The second-order valence-electron chi connectivity index (χ2n) is 20.8. The van der Waals surface area contributed by atoms with Crippen molar-refractivity contribution >= 4 is 5.91 Å². The largest absolute Gasteiger partial charge is 0.394 e. The van der Waals surface area contributed by atoms with Gasteiger partial charge in [-0.2, -0.15) is 0 Å². The molecule has 0 bridgehead atoms. The molecule has 7 atom stereocenters. The quantitative estimate of drug-likeness (QED) is 0.0261. The molecule has 0 aliphatic carbocycles. The van der Waals surface area contributed by atoms with Crippen LogP contribution in [0, 0.1) is 0 Å². The van der Waals surface area contributed by atoms with E-state index in [-0.39, 0.29) is 12.5 Å². The highest BCUT2D eigenvalue weighted by molar-refractivity contribution is 5.76. The molecule has 0 saturated carbocycles. The Morgan fingerprint density at radius 1 is 0.485 bits per heavy atom. The van der Waals surface area contributed by atoms with Gasteiger partial charge in [0.2, 0.25) is 5.91 Å². The molecule has 68 heavy (non-hydrogen) atoms. The van der Waals surface area contributed by atoms with Crippen LogP contribution in [0.15, 0.2) is 24.3 Å². The van der Waals surface area contributed by atoms with Crippen LogP contribution >= 0.6 is 0 Å². The summed E-state index contributed by atoms with van der Waals surface area (Å²) in [7, 11) is 0. The van der Waals surface area contributed by atoms with Gasteiger partial charge in [0.05, 0.1) is 25.4 Å². The first-order chi connectivity index (χ1) is 33.3. The molecule has 1 aliphatic rings.